The van der Waals surface area contributed by atoms with E-state index in [0.717, 1.165) is 34.3 Å². The fourth-order valence-electron chi connectivity index (χ4n) is 6.15. The van der Waals surface area contributed by atoms with E-state index in [1.54, 1.807) is 13.8 Å². The lowest BCUT2D eigenvalue weighted by molar-refractivity contribution is -0.190. The number of piperazine rings is 1. The number of carbonyl (C=O) groups is 1. The number of nitrogens with one attached hydrogen (secondary N) is 1. The van der Waals surface area contributed by atoms with Gasteiger partial charge in [-0.2, -0.15) is 13.2 Å². The lowest BCUT2D eigenvalue weighted by atomic mass is 9.52. The van der Waals surface area contributed by atoms with E-state index in [-0.39, 0.29) is 0 Å². The van der Waals surface area contributed by atoms with E-state index < -0.39 is 24.2 Å². The average Bonchev–Trinajstić information content (AvgIpc) is 2.69. The highest BCUT2D eigenvalue weighted by Gasteiger charge is 2.51. The highest BCUT2D eigenvalue weighted by molar-refractivity contribution is 5.84. The SMILES string of the molecule is CC1CN(c2ccc3cc(NC4CC5(CC(N)C5)C4)ccc3n2)CC(C)N1C(=O)C(F)(F)F. The molecule has 2 aromatic rings. The number of carbonyl (C=O) groups excluding carboxylic acids is 1. The number of alkyl halides is 3. The standard InChI is InChI=1S/C24H30F3N5O/c1-14-12-31(13-15(2)32(14)22(33)24(25,26)27)21-6-3-16-7-18(4-5-20(16)30-21)29-19-10-23(11-19)8-17(28)9-23/h3-7,14-15,17,19,29H,8-13,28H2,1-2H3. The Labute approximate surface area is 191 Å². The normalized spacial score (nSPS) is 31.9. The molecule has 1 amide bonds. The number of hydrogen-bond acceptors (Lipinski definition) is 5. The third-order valence-corrected chi connectivity index (χ3v) is 7.51. The summed E-state index contributed by atoms with van der Waals surface area (Å²) in [6.45, 7) is 3.90. The van der Waals surface area contributed by atoms with Gasteiger partial charge < -0.3 is 20.9 Å². The van der Waals surface area contributed by atoms with Crippen LogP contribution in [0.2, 0.25) is 0 Å². The van der Waals surface area contributed by atoms with Gasteiger partial charge in [0.05, 0.1) is 5.52 Å². The van der Waals surface area contributed by atoms with E-state index in [9.17, 15) is 18.0 Å². The first-order valence-electron chi connectivity index (χ1n) is 11.6. The number of hydrogen-bond donors (Lipinski definition) is 2. The van der Waals surface area contributed by atoms with E-state index >= 15 is 0 Å². The second kappa shape index (κ2) is 7.75. The zero-order valence-corrected chi connectivity index (χ0v) is 18.9. The van der Waals surface area contributed by atoms with Crippen molar-refractivity contribution < 1.29 is 18.0 Å². The van der Waals surface area contributed by atoms with Crippen LogP contribution in [0.5, 0.6) is 0 Å². The van der Waals surface area contributed by atoms with Crippen LogP contribution in [0, 0.1) is 5.41 Å². The minimum Gasteiger partial charge on any atom is -0.382 e. The molecule has 2 atom stereocenters. The molecule has 1 aliphatic heterocycles. The summed E-state index contributed by atoms with van der Waals surface area (Å²) in [6.07, 6.45) is -0.219. The maximum atomic E-state index is 13.0. The summed E-state index contributed by atoms with van der Waals surface area (Å²) in [7, 11) is 0. The van der Waals surface area contributed by atoms with E-state index in [2.05, 4.69) is 11.4 Å². The zero-order valence-electron chi connectivity index (χ0n) is 18.9. The molecule has 2 heterocycles. The summed E-state index contributed by atoms with van der Waals surface area (Å²) in [5.41, 5.74) is 8.34. The fraction of sp³-hybridized carbons (Fsp3) is 0.583. The van der Waals surface area contributed by atoms with Gasteiger partial charge in [0.2, 0.25) is 0 Å². The van der Waals surface area contributed by atoms with Gasteiger partial charge >= 0.3 is 12.1 Å². The maximum absolute atomic E-state index is 13.0. The molecule has 9 heteroatoms. The van der Waals surface area contributed by atoms with Crippen molar-refractivity contribution in [3.05, 3.63) is 30.3 Å². The molecular weight excluding hydrogens is 431 g/mol. The minimum absolute atomic E-state index is 0.303. The predicted molar refractivity (Wildman–Crippen MR) is 122 cm³/mol. The second-order valence-corrected chi connectivity index (χ2v) is 10.3. The first kappa shape index (κ1) is 22.3. The Bertz CT molecular complexity index is 1050. The van der Waals surface area contributed by atoms with E-state index in [1.165, 1.54) is 12.8 Å². The molecule has 0 bridgehead atoms. The van der Waals surface area contributed by atoms with Gasteiger partial charge in [-0.25, -0.2) is 4.98 Å². The first-order valence-corrected chi connectivity index (χ1v) is 11.6. The molecule has 6 nitrogen and oxygen atoms in total. The van der Waals surface area contributed by atoms with Crippen molar-refractivity contribution in [3.63, 3.8) is 0 Å². The molecule has 178 valence electrons. The zero-order chi connectivity index (χ0) is 23.5. The highest BCUT2D eigenvalue weighted by Crippen LogP contribution is 2.55. The summed E-state index contributed by atoms with van der Waals surface area (Å²) in [4.78, 5) is 19.5. The van der Waals surface area contributed by atoms with Crippen LogP contribution in [0.1, 0.15) is 39.5 Å². The van der Waals surface area contributed by atoms with Crippen molar-refractivity contribution in [1.82, 2.24) is 9.88 Å². The number of nitrogens with two attached hydrogens (primary N) is 1. The largest absolute Gasteiger partial charge is 0.471 e. The molecular formula is C24H30F3N5O. The Morgan fingerprint density at radius 3 is 2.36 bits per heavy atom. The Morgan fingerprint density at radius 2 is 1.76 bits per heavy atom. The van der Waals surface area contributed by atoms with Crippen LogP contribution in [0.15, 0.2) is 30.3 Å². The van der Waals surface area contributed by atoms with Crippen LogP contribution in [0.25, 0.3) is 10.9 Å². The van der Waals surface area contributed by atoms with Crippen molar-refractivity contribution in [1.29, 1.82) is 0 Å². The topological polar surface area (TPSA) is 74.5 Å². The Balaban J connectivity index is 1.25. The fourth-order valence-corrected chi connectivity index (χ4v) is 6.15. The number of halogens is 3. The first-order chi connectivity index (χ1) is 15.5. The number of fused-ring (bicyclic) bond motifs is 1. The van der Waals surface area contributed by atoms with Gasteiger partial charge in [0.15, 0.2) is 0 Å². The maximum Gasteiger partial charge on any atom is 0.471 e. The number of aromatic nitrogens is 1. The molecule has 2 unspecified atom stereocenters. The lowest BCUT2D eigenvalue weighted by Gasteiger charge is -2.57. The van der Waals surface area contributed by atoms with E-state index in [1.807, 2.05) is 29.2 Å². The molecule has 1 aromatic carbocycles. The Morgan fingerprint density at radius 1 is 1.09 bits per heavy atom. The van der Waals surface area contributed by atoms with Gasteiger partial charge in [-0.3, -0.25) is 4.79 Å². The van der Waals surface area contributed by atoms with Crippen molar-refractivity contribution in [2.45, 2.75) is 69.9 Å². The van der Waals surface area contributed by atoms with Crippen LogP contribution in [0.4, 0.5) is 24.7 Å². The second-order valence-electron chi connectivity index (χ2n) is 10.3. The molecule has 5 rings (SSSR count). The van der Waals surface area contributed by atoms with Crippen LogP contribution in [0.3, 0.4) is 0 Å². The third kappa shape index (κ3) is 4.11. The van der Waals surface area contributed by atoms with Gasteiger partial charge in [-0.1, -0.05) is 0 Å². The minimum atomic E-state index is -4.86. The molecule has 3 fully saturated rings. The third-order valence-electron chi connectivity index (χ3n) is 7.51. The van der Waals surface area contributed by atoms with Gasteiger partial charge in [-0.15, -0.1) is 0 Å². The van der Waals surface area contributed by atoms with E-state index in [4.69, 9.17) is 10.7 Å². The molecule has 3 aliphatic rings. The smallest absolute Gasteiger partial charge is 0.382 e. The highest BCUT2D eigenvalue weighted by atomic mass is 19.4. The van der Waals surface area contributed by atoms with Crippen molar-refractivity contribution >= 4 is 28.3 Å². The van der Waals surface area contributed by atoms with Crippen LogP contribution in [-0.2, 0) is 4.79 Å². The number of pyridine rings is 1. The summed E-state index contributed by atoms with van der Waals surface area (Å²) in [5.74, 6) is -1.06. The number of benzene rings is 1. The molecule has 3 N–H and O–H groups in total. The summed E-state index contributed by atoms with van der Waals surface area (Å²) in [5, 5.41) is 4.63. The Kier molecular flexibility index (Phi) is 5.23. The molecule has 33 heavy (non-hydrogen) atoms. The number of anilines is 2. The van der Waals surface area contributed by atoms with Gasteiger partial charge in [0, 0.05) is 48.3 Å². The summed E-state index contributed by atoms with van der Waals surface area (Å²) in [6, 6.07) is 9.74. The molecule has 2 aliphatic carbocycles. The van der Waals surface area contributed by atoms with Gasteiger partial charge in [-0.05, 0) is 75.3 Å². The number of nitrogens with zero attached hydrogens (tertiary/aromatic N) is 3. The monoisotopic (exact) mass is 461 g/mol. The van der Waals surface area contributed by atoms with Crippen LogP contribution >= 0.6 is 0 Å². The average molecular weight is 462 g/mol. The molecule has 2 saturated carbocycles. The quantitative estimate of drug-likeness (QED) is 0.725. The van der Waals surface area contributed by atoms with Crippen molar-refractivity contribution in [3.8, 4) is 0 Å². The van der Waals surface area contributed by atoms with Crippen LogP contribution in [-0.4, -0.2) is 59.2 Å². The molecule has 1 saturated heterocycles. The Hall–Kier alpha value is -2.55. The van der Waals surface area contributed by atoms with Gasteiger partial charge in [0.1, 0.15) is 5.82 Å². The van der Waals surface area contributed by atoms with Crippen molar-refractivity contribution in [2.24, 2.45) is 11.1 Å². The van der Waals surface area contributed by atoms with Gasteiger partial charge in [0.25, 0.3) is 0 Å². The number of amides is 1. The predicted octanol–water partition coefficient (Wildman–Crippen LogP) is 3.90. The molecule has 0 radical (unpaired) electrons. The summed E-state index contributed by atoms with van der Waals surface area (Å²) < 4.78 is 38.9. The molecule has 1 aromatic heterocycles. The van der Waals surface area contributed by atoms with Crippen molar-refractivity contribution in [2.75, 3.05) is 23.3 Å². The number of rotatable bonds is 3. The molecule has 1 spiro atoms. The summed E-state index contributed by atoms with van der Waals surface area (Å²) >= 11 is 0. The van der Waals surface area contributed by atoms with Crippen LogP contribution < -0.4 is 16.0 Å². The lowest BCUT2D eigenvalue weighted by Crippen LogP contribution is -2.61. The van der Waals surface area contributed by atoms with E-state index in [0.29, 0.717) is 36.4 Å².